The van der Waals surface area contributed by atoms with Crippen LogP contribution in [-0.4, -0.2) is 56.2 Å². The number of guanidine groups is 1. The van der Waals surface area contributed by atoms with Gasteiger partial charge in [0.2, 0.25) is 0 Å². The monoisotopic (exact) mass is 442 g/mol. The summed E-state index contributed by atoms with van der Waals surface area (Å²) in [5.41, 5.74) is 2.15. The molecule has 0 unspecified atom stereocenters. The number of rotatable bonds is 10. The van der Waals surface area contributed by atoms with Crippen molar-refractivity contribution in [3.8, 4) is 0 Å². The van der Waals surface area contributed by atoms with Crippen LogP contribution in [0.15, 0.2) is 29.3 Å². The third kappa shape index (κ3) is 7.22. The molecule has 0 radical (unpaired) electrons. The van der Waals surface area contributed by atoms with Crippen molar-refractivity contribution >= 4 is 11.9 Å². The predicted molar refractivity (Wildman–Crippen MR) is 131 cm³/mol. The van der Waals surface area contributed by atoms with E-state index in [1.165, 1.54) is 32.1 Å². The maximum Gasteiger partial charge on any atom is 0.253 e. The molecule has 0 spiro atoms. The number of carbonyl (C=O) groups excluding carboxylic acids is 1. The van der Waals surface area contributed by atoms with Crippen molar-refractivity contribution in [2.75, 3.05) is 39.4 Å². The highest BCUT2D eigenvalue weighted by Crippen LogP contribution is 2.40. The fourth-order valence-electron chi connectivity index (χ4n) is 4.94. The molecule has 1 aromatic carbocycles. The summed E-state index contributed by atoms with van der Waals surface area (Å²) in [6.45, 7) is 9.84. The molecule has 0 aromatic heterocycles. The average Bonchev–Trinajstić information content (AvgIpc) is 3.30. The third-order valence-electron chi connectivity index (χ3n) is 6.86. The van der Waals surface area contributed by atoms with Crippen molar-refractivity contribution in [2.45, 2.75) is 71.8 Å². The molecule has 2 fully saturated rings. The lowest BCUT2D eigenvalue weighted by Gasteiger charge is -2.30. The van der Waals surface area contributed by atoms with E-state index in [1.807, 2.05) is 23.1 Å². The molecule has 1 aliphatic heterocycles. The van der Waals surface area contributed by atoms with E-state index < -0.39 is 0 Å². The zero-order valence-corrected chi connectivity index (χ0v) is 20.1. The number of nitrogens with one attached hydrogen (secondary N) is 2. The van der Waals surface area contributed by atoms with E-state index in [0.29, 0.717) is 12.0 Å². The molecule has 6 nitrogen and oxygen atoms in total. The van der Waals surface area contributed by atoms with Gasteiger partial charge < -0.3 is 20.3 Å². The second-order valence-corrected chi connectivity index (χ2v) is 9.26. The zero-order valence-electron chi connectivity index (χ0n) is 20.1. The minimum atomic E-state index is 0.151. The highest BCUT2D eigenvalue weighted by atomic mass is 16.5. The normalized spacial score (nSPS) is 18.6. The first-order valence-corrected chi connectivity index (χ1v) is 12.6. The lowest BCUT2D eigenvalue weighted by atomic mass is 9.83. The Labute approximate surface area is 194 Å². The van der Waals surface area contributed by atoms with Crippen molar-refractivity contribution < 1.29 is 9.53 Å². The van der Waals surface area contributed by atoms with Crippen LogP contribution in [0.5, 0.6) is 0 Å². The van der Waals surface area contributed by atoms with E-state index in [2.05, 4.69) is 30.5 Å². The average molecular weight is 443 g/mol. The molecule has 2 aliphatic rings. The summed E-state index contributed by atoms with van der Waals surface area (Å²) in [5.74, 6) is 1.00. The summed E-state index contributed by atoms with van der Waals surface area (Å²) in [4.78, 5) is 19.7. The van der Waals surface area contributed by atoms with Crippen molar-refractivity contribution in [1.82, 2.24) is 15.5 Å². The Hall–Kier alpha value is -2.08. The van der Waals surface area contributed by atoms with Crippen LogP contribution in [0.25, 0.3) is 0 Å². The highest BCUT2D eigenvalue weighted by Gasteiger charge is 2.33. The Morgan fingerprint density at radius 3 is 2.59 bits per heavy atom. The first kappa shape index (κ1) is 24.6. The molecule has 32 heavy (non-hydrogen) atoms. The first-order chi connectivity index (χ1) is 15.7. The van der Waals surface area contributed by atoms with Crippen LogP contribution in [-0.2, 0) is 11.3 Å². The van der Waals surface area contributed by atoms with Crippen LogP contribution in [0, 0.1) is 5.41 Å². The van der Waals surface area contributed by atoms with Gasteiger partial charge in [-0.05, 0) is 75.5 Å². The van der Waals surface area contributed by atoms with E-state index in [-0.39, 0.29) is 5.91 Å². The topological polar surface area (TPSA) is 66.0 Å². The first-order valence-electron chi connectivity index (χ1n) is 12.6. The molecule has 1 amide bonds. The summed E-state index contributed by atoms with van der Waals surface area (Å²) in [6, 6.07) is 7.96. The number of likely N-dealkylation sites (tertiary alicyclic amines) is 1. The molecule has 1 heterocycles. The smallest absolute Gasteiger partial charge is 0.253 e. The number of hydrogen-bond acceptors (Lipinski definition) is 3. The summed E-state index contributed by atoms with van der Waals surface area (Å²) in [5, 5.41) is 6.98. The summed E-state index contributed by atoms with van der Waals surface area (Å²) >= 11 is 0. The number of ether oxygens (including phenoxy) is 1. The molecule has 0 bridgehead atoms. The van der Waals surface area contributed by atoms with Crippen molar-refractivity contribution in [3.63, 3.8) is 0 Å². The molecule has 3 rings (SSSR count). The van der Waals surface area contributed by atoms with E-state index in [4.69, 9.17) is 9.73 Å². The van der Waals surface area contributed by atoms with Crippen LogP contribution in [0.3, 0.4) is 0 Å². The maximum absolute atomic E-state index is 12.8. The van der Waals surface area contributed by atoms with Crippen LogP contribution in [0.4, 0.5) is 0 Å². The molecule has 2 N–H and O–H groups in total. The number of benzene rings is 1. The summed E-state index contributed by atoms with van der Waals surface area (Å²) in [6.07, 6.45) is 9.68. The van der Waals surface area contributed by atoms with E-state index in [1.54, 1.807) is 0 Å². The fourth-order valence-corrected chi connectivity index (χ4v) is 4.94. The quantitative estimate of drug-likeness (QED) is 0.321. The Balaban J connectivity index is 1.60. The standard InChI is InChI=1S/C26H42N4O2/c1-3-27-25(29-21-26(13-6-7-14-26)15-18-32-4-2)28-20-22-11-10-12-23(19-22)24(31)30-16-8-5-9-17-30/h10-12,19H,3-9,13-18,20-21H2,1-2H3,(H2,27,28,29). The van der Waals surface area contributed by atoms with Gasteiger partial charge in [0.15, 0.2) is 5.96 Å². The van der Waals surface area contributed by atoms with Gasteiger partial charge in [-0.25, -0.2) is 4.99 Å². The molecule has 1 aromatic rings. The van der Waals surface area contributed by atoms with Crippen LogP contribution < -0.4 is 10.6 Å². The minimum Gasteiger partial charge on any atom is -0.382 e. The molecular weight excluding hydrogens is 400 g/mol. The molecule has 1 saturated heterocycles. The van der Waals surface area contributed by atoms with Gasteiger partial charge in [-0.3, -0.25) is 4.79 Å². The largest absolute Gasteiger partial charge is 0.382 e. The number of nitrogens with zero attached hydrogens (tertiary/aromatic N) is 2. The van der Waals surface area contributed by atoms with E-state index >= 15 is 0 Å². The van der Waals surface area contributed by atoms with Gasteiger partial charge in [0.25, 0.3) is 5.91 Å². The number of carbonyl (C=O) groups is 1. The lowest BCUT2D eigenvalue weighted by molar-refractivity contribution is 0.0724. The second kappa shape index (κ2) is 12.8. The van der Waals surface area contributed by atoms with E-state index in [0.717, 1.165) is 75.7 Å². The summed E-state index contributed by atoms with van der Waals surface area (Å²) in [7, 11) is 0. The van der Waals surface area contributed by atoms with Crippen molar-refractivity contribution in [1.29, 1.82) is 0 Å². The minimum absolute atomic E-state index is 0.151. The zero-order chi connectivity index (χ0) is 22.7. The fraction of sp³-hybridized carbons (Fsp3) is 0.692. The van der Waals surface area contributed by atoms with Crippen molar-refractivity contribution in [3.05, 3.63) is 35.4 Å². The SMILES string of the molecule is CCNC(=NCc1cccc(C(=O)N2CCCCC2)c1)NCC1(CCOCC)CCCC1. The maximum atomic E-state index is 12.8. The molecule has 0 atom stereocenters. The van der Waals surface area contributed by atoms with Gasteiger partial charge in [0.1, 0.15) is 0 Å². The van der Waals surface area contributed by atoms with Crippen molar-refractivity contribution in [2.24, 2.45) is 10.4 Å². The predicted octanol–water partition coefficient (Wildman–Crippen LogP) is 4.35. The Kier molecular flexibility index (Phi) is 9.85. The number of aliphatic imine (C=N–C) groups is 1. The Bertz CT molecular complexity index is 737. The van der Waals surface area contributed by atoms with Gasteiger partial charge in [-0.1, -0.05) is 25.0 Å². The number of piperidine rings is 1. The van der Waals surface area contributed by atoms with Gasteiger partial charge in [0, 0.05) is 45.0 Å². The third-order valence-corrected chi connectivity index (χ3v) is 6.86. The number of amides is 1. The van der Waals surface area contributed by atoms with Crippen LogP contribution >= 0.6 is 0 Å². The lowest BCUT2D eigenvalue weighted by Crippen LogP contribution is -2.43. The molecule has 6 heteroatoms. The Morgan fingerprint density at radius 1 is 1.09 bits per heavy atom. The van der Waals surface area contributed by atoms with Gasteiger partial charge >= 0.3 is 0 Å². The molecule has 1 aliphatic carbocycles. The van der Waals surface area contributed by atoms with E-state index in [9.17, 15) is 4.79 Å². The molecule has 1 saturated carbocycles. The van der Waals surface area contributed by atoms with Crippen LogP contribution in [0.1, 0.15) is 81.1 Å². The van der Waals surface area contributed by atoms with Gasteiger partial charge in [-0.2, -0.15) is 0 Å². The number of hydrogen-bond donors (Lipinski definition) is 2. The molecular formula is C26H42N4O2. The molecule has 178 valence electrons. The highest BCUT2D eigenvalue weighted by molar-refractivity contribution is 5.94. The van der Waals surface area contributed by atoms with Gasteiger partial charge in [-0.15, -0.1) is 0 Å². The second-order valence-electron chi connectivity index (χ2n) is 9.26. The van der Waals surface area contributed by atoms with Crippen LogP contribution in [0.2, 0.25) is 0 Å². The summed E-state index contributed by atoms with van der Waals surface area (Å²) < 4.78 is 5.65. The Morgan fingerprint density at radius 2 is 1.88 bits per heavy atom. The van der Waals surface area contributed by atoms with Gasteiger partial charge in [0.05, 0.1) is 6.54 Å².